The van der Waals surface area contributed by atoms with E-state index in [-0.39, 0.29) is 18.5 Å². The third-order valence-corrected chi connectivity index (χ3v) is 3.61. The van der Waals surface area contributed by atoms with Crippen molar-refractivity contribution in [1.29, 1.82) is 0 Å². The van der Waals surface area contributed by atoms with Gasteiger partial charge in [0.1, 0.15) is 0 Å². The van der Waals surface area contributed by atoms with E-state index in [2.05, 4.69) is 11.8 Å². The molecule has 1 aromatic heterocycles. The molecule has 0 saturated carbocycles. The van der Waals surface area contributed by atoms with Gasteiger partial charge in [-0.25, -0.2) is 0 Å². The van der Waals surface area contributed by atoms with Gasteiger partial charge in [-0.1, -0.05) is 6.42 Å². The SMILES string of the molecule is CC(c1ccoc1)N1CCCCC1CC(=O)O. The van der Waals surface area contributed by atoms with Crippen LogP contribution in [0.25, 0.3) is 0 Å². The highest BCUT2D eigenvalue weighted by atomic mass is 16.4. The highest BCUT2D eigenvalue weighted by Crippen LogP contribution is 2.29. The van der Waals surface area contributed by atoms with Crippen LogP contribution in [0.2, 0.25) is 0 Å². The van der Waals surface area contributed by atoms with Crippen LogP contribution in [0.4, 0.5) is 0 Å². The molecule has 94 valence electrons. The number of carboxylic acid groups (broad SMARTS) is 1. The van der Waals surface area contributed by atoms with Crippen molar-refractivity contribution < 1.29 is 14.3 Å². The van der Waals surface area contributed by atoms with Crippen LogP contribution < -0.4 is 0 Å². The Morgan fingerprint density at radius 1 is 1.65 bits per heavy atom. The van der Waals surface area contributed by atoms with E-state index >= 15 is 0 Å². The number of likely N-dealkylation sites (tertiary alicyclic amines) is 1. The standard InChI is InChI=1S/C13H19NO3/c1-10(11-5-7-17-9-11)14-6-3-2-4-12(14)8-13(15)16/h5,7,9-10,12H,2-4,6,8H2,1H3,(H,15,16). The molecule has 2 heterocycles. The number of aliphatic carboxylic acids is 1. The summed E-state index contributed by atoms with van der Waals surface area (Å²) in [5.41, 5.74) is 1.13. The van der Waals surface area contributed by atoms with Crippen LogP contribution in [-0.4, -0.2) is 28.6 Å². The van der Waals surface area contributed by atoms with Crippen molar-refractivity contribution in [3.05, 3.63) is 24.2 Å². The maximum Gasteiger partial charge on any atom is 0.304 e. The van der Waals surface area contributed by atoms with Crippen LogP contribution in [0.1, 0.15) is 44.2 Å². The fourth-order valence-corrected chi connectivity index (χ4v) is 2.66. The summed E-state index contributed by atoms with van der Waals surface area (Å²) in [4.78, 5) is 13.2. The number of rotatable bonds is 4. The van der Waals surface area contributed by atoms with Gasteiger partial charge < -0.3 is 9.52 Å². The van der Waals surface area contributed by atoms with Crippen molar-refractivity contribution in [3.8, 4) is 0 Å². The Labute approximate surface area is 101 Å². The molecule has 2 rings (SSSR count). The molecular formula is C13H19NO3. The molecule has 0 spiro atoms. The molecule has 1 N–H and O–H groups in total. The molecule has 4 heteroatoms. The van der Waals surface area contributed by atoms with E-state index < -0.39 is 5.97 Å². The maximum absolute atomic E-state index is 10.9. The quantitative estimate of drug-likeness (QED) is 0.874. The van der Waals surface area contributed by atoms with E-state index in [1.54, 1.807) is 12.5 Å². The summed E-state index contributed by atoms with van der Waals surface area (Å²) in [5, 5.41) is 8.95. The van der Waals surface area contributed by atoms with Crippen LogP contribution in [0.3, 0.4) is 0 Å². The predicted molar refractivity (Wildman–Crippen MR) is 63.7 cm³/mol. The Morgan fingerprint density at radius 3 is 3.12 bits per heavy atom. The lowest BCUT2D eigenvalue weighted by molar-refractivity contribution is -0.139. The Morgan fingerprint density at radius 2 is 2.47 bits per heavy atom. The molecule has 0 aliphatic carbocycles. The van der Waals surface area contributed by atoms with Gasteiger partial charge in [-0.3, -0.25) is 9.69 Å². The van der Waals surface area contributed by atoms with Gasteiger partial charge in [0.2, 0.25) is 0 Å². The van der Waals surface area contributed by atoms with E-state index in [9.17, 15) is 4.79 Å². The number of furan rings is 1. The van der Waals surface area contributed by atoms with Gasteiger partial charge in [0, 0.05) is 17.6 Å². The monoisotopic (exact) mass is 237 g/mol. The number of hydrogen-bond donors (Lipinski definition) is 1. The minimum absolute atomic E-state index is 0.158. The summed E-state index contributed by atoms with van der Waals surface area (Å²) >= 11 is 0. The Balaban J connectivity index is 2.07. The molecule has 1 aromatic rings. The Hall–Kier alpha value is -1.29. The zero-order valence-corrected chi connectivity index (χ0v) is 10.1. The lowest BCUT2D eigenvalue weighted by Gasteiger charge is -2.39. The lowest BCUT2D eigenvalue weighted by Crippen LogP contribution is -2.42. The van der Waals surface area contributed by atoms with Gasteiger partial charge in [0.15, 0.2) is 0 Å². The molecule has 0 amide bonds. The van der Waals surface area contributed by atoms with Gasteiger partial charge in [0.25, 0.3) is 0 Å². The van der Waals surface area contributed by atoms with Crippen molar-refractivity contribution in [2.24, 2.45) is 0 Å². The number of carbonyl (C=O) groups is 1. The van der Waals surface area contributed by atoms with E-state index in [1.807, 2.05) is 6.07 Å². The van der Waals surface area contributed by atoms with Crippen molar-refractivity contribution in [1.82, 2.24) is 4.90 Å². The van der Waals surface area contributed by atoms with Crippen molar-refractivity contribution in [3.63, 3.8) is 0 Å². The highest BCUT2D eigenvalue weighted by molar-refractivity contribution is 5.67. The van der Waals surface area contributed by atoms with E-state index in [1.165, 1.54) is 0 Å². The van der Waals surface area contributed by atoms with Crippen LogP contribution >= 0.6 is 0 Å². The van der Waals surface area contributed by atoms with Crippen LogP contribution in [0.5, 0.6) is 0 Å². The zero-order valence-electron chi connectivity index (χ0n) is 10.1. The molecule has 0 bridgehead atoms. The number of carboxylic acids is 1. The molecule has 1 fully saturated rings. The van der Waals surface area contributed by atoms with Gasteiger partial charge in [-0.2, -0.15) is 0 Å². The van der Waals surface area contributed by atoms with Crippen LogP contribution in [0.15, 0.2) is 23.0 Å². The molecule has 17 heavy (non-hydrogen) atoms. The van der Waals surface area contributed by atoms with Crippen LogP contribution in [0, 0.1) is 0 Å². The Bertz CT molecular complexity index is 361. The van der Waals surface area contributed by atoms with Crippen LogP contribution in [-0.2, 0) is 4.79 Å². The van der Waals surface area contributed by atoms with Crippen molar-refractivity contribution in [2.45, 2.75) is 44.7 Å². The topological polar surface area (TPSA) is 53.7 Å². The maximum atomic E-state index is 10.9. The molecule has 1 aliphatic heterocycles. The van der Waals surface area contributed by atoms with Gasteiger partial charge in [-0.15, -0.1) is 0 Å². The third kappa shape index (κ3) is 2.88. The average Bonchev–Trinajstić information content (AvgIpc) is 2.81. The summed E-state index contributed by atoms with van der Waals surface area (Å²) < 4.78 is 5.10. The first kappa shape index (κ1) is 12.2. The predicted octanol–water partition coefficient (Wildman–Crippen LogP) is 2.67. The van der Waals surface area contributed by atoms with E-state index in [0.29, 0.717) is 0 Å². The summed E-state index contributed by atoms with van der Waals surface area (Å²) in [5.74, 6) is -0.707. The molecule has 0 radical (unpaired) electrons. The fourth-order valence-electron chi connectivity index (χ4n) is 2.66. The second-order valence-electron chi connectivity index (χ2n) is 4.72. The Kier molecular flexibility index (Phi) is 3.84. The van der Waals surface area contributed by atoms with Crippen molar-refractivity contribution in [2.75, 3.05) is 6.54 Å². The number of hydrogen-bond acceptors (Lipinski definition) is 3. The minimum atomic E-state index is -0.707. The van der Waals surface area contributed by atoms with Gasteiger partial charge in [0.05, 0.1) is 18.9 Å². The first-order valence-corrected chi connectivity index (χ1v) is 6.18. The lowest BCUT2D eigenvalue weighted by atomic mass is 9.96. The molecule has 0 aromatic carbocycles. The summed E-state index contributed by atoms with van der Waals surface area (Å²) in [6, 6.07) is 2.35. The molecule has 2 unspecified atom stereocenters. The molecular weight excluding hydrogens is 218 g/mol. The minimum Gasteiger partial charge on any atom is -0.481 e. The first-order chi connectivity index (χ1) is 8.18. The smallest absolute Gasteiger partial charge is 0.304 e. The highest BCUT2D eigenvalue weighted by Gasteiger charge is 2.29. The zero-order chi connectivity index (χ0) is 12.3. The van der Waals surface area contributed by atoms with Gasteiger partial charge >= 0.3 is 5.97 Å². The second-order valence-corrected chi connectivity index (χ2v) is 4.72. The first-order valence-electron chi connectivity index (χ1n) is 6.18. The average molecular weight is 237 g/mol. The normalized spacial score (nSPS) is 23.5. The summed E-state index contributed by atoms with van der Waals surface area (Å²) in [7, 11) is 0. The summed E-state index contributed by atoms with van der Waals surface area (Å²) in [6.07, 6.45) is 6.92. The molecule has 1 saturated heterocycles. The molecule has 4 nitrogen and oxygen atoms in total. The molecule has 2 atom stereocenters. The number of piperidine rings is 1. The fraction of sp³-hybridized carbons (Fsp3) is 0.615. The van der Waals surface area contributed by atoms with Gasteiger partial charge in [-0.05, 0) is 32.4 Å². The number of nitrogens with zero attached hydrogens (tertiary/aromatic N) is 1. The summed E-state index contributed by atoms with van der Waals surface area (Å²) in [6.45, 7) is 3.09. The molecule has 1 aliphatic rings. The van der Waals surface area contributed by atoms with E-state index in [0.717, 1.165) is 31.4 Å². The largest absolute Gasteiger partial charge is 0.481 e. The van der Waals surface area contributed by atoms with Crippen molar-refractivity contribution >= 4 is 5.97 Å². The van der Waals surface area contributed by atoms with E-state index in [4.69, 9.17) is 9.52 Å². The third-order valence-electron chi connectivity index (χ3n) is 3.61. The second kappa shape index (κ2) is 5.36.